The number of aliphatic carboxylic acids is 1. The maximum absolute atomic E-state index is 13.2. The highest BCUT2D eigenvalue weighted by Crippen LogP contribution is 2.44. The molecule has 0 bridgehead atoms. The summed E-state index contributed by atoms with van der Waals surface area (Å²) < 4.78 is 5.62. The van der Waals surface area contributed by atoms with Gasteiger partial charge in [0.25, 0.3) is 0 Å². The minimum atomic E-state index is -0.964. The molecule has 2 amide bonds. The van der Waals surface area contributed by atoms with Crippen LogP contribution in [0.1, 0.15) is 56.6 Å². The number of alkyl carbamates (subject to hydrolysis) is 1. The summed E-state index contributed by atoms with van der Waals surface area (Å²) in [6, 6.07) is 15.5. The molecular formula is C27H32N2O5. The minimum Gasteiger partial charge on any atom is -0.481 e. The van der Waals surface area contributed by atoms with E-state index in [-0.39, 0.29) is 25.0 Å². The molecule has 1 aliphatic heterocycles. The number of benzene rings is 2. The number of rotatable bonds is 7. The van der Waals surface area contributed by atoms with E-state index < -0.39 is 23.5 Å². The molecule has 1 aliphatic carbocycles. The van der Waals surface area contributed by atoms with Crippen LogP contribution in [0.5, 0.6) is 0 Å². The van der Waals surface area contributed by atoms with Crippen molar-refractivity contribution >= 4 is 18.0 Å². The Bertz CT molecular complexity index is 1040. The molecule has 0 saturated carbocycles. The highest BCUT2D eigenvalue weighted by atomic mass is 16.5. The third kappa shape index (κ3) is 4.65. The minimum absolute atomic E-state index is 0.0585. The third-order valence-electron chi connectivity index (χ3n) is 7.04. The quantitative estimate of drug-likeness (QED) is 0.633. The topological polar surface area (TPSA) is 95.9 Å². The van der Waals surface area contributed by atoms with Crippen LogP contribution in [0.25, 0.3) is 11.1 Å². The van der Waals surface area contributed by atoms with Crippen molar-refractivity contribution in [3.8, 4) is 11.1 Å². The van der Waals surface area contributed by atoms with Crippen molar-refractivity contribution in [3.05, 3.63) is 59.7 Å². The smallest absolute Gasteiger partial charge is 0.407 e. The molecule has 7 nitrogen and oxygen atoms in total. The largest absolute Gasteiger partial charge is 0.481 e. The summed E-state index contributed by atoms with van der Waals surface area (Å²) >= 11 is 0. The number of hydrogen-bond donors (Lipinski definition) is 2. The van der Waals surface area contributed by atoms with E-state index in [0.29, 0.717) is 32.2 Å². The molecule has 2 atom stereocenters. The van der Waals surface area contributed by atoms with Crippen LogP contribution in [0.3, 0.4) is 0 Å². The molecule has 2 unspecified atom stereocenters. The first-order valence-corrected chi connectivity index (χ1v) is 12.0. The van der Waals surface area contributed by atoms with Gasteiger partial charge in [0.1, 0.15) is 12.6 Å². The van der Waals surface area contributed by atoms with E-state index >= 15 is 0 Å². The number of likely N-dealkylation sites (tertiary alicyclic amines) is 1. The molecule has 1 fully saturated rings. The van der Waals surface area contributed by atoms with Crippen molar-refractivity contribution in [3.63, 3.8) is 0 Å². The Balaban J connectivity index is 1.41. The van der Waals surface area contributed by atoms with Gasteiger partial charge in [0.05, 0.1) is 5.41 Å². The zero-order valence-corrected chi connectivity index (χ0v) is 19.8. The van der Waals surface area contributed by atoms with Gasteiger partial charge in [0.15, 0.2) is 0 Å². The number of carboxylic acids is 1. The zero-order chi connectivity index (χ0) is 24.3. The summed E-state index contributed by atoms with van der Waals surface area (Å²) in [6.45, 7) is 4.43. The van der Waals surface area contributed by atoms with Gasteiger partial charge in [0, 0.05) is 19.0 Å². The van der Waals surface area contributed by atoms with Crippen LogP contribution >= 0.6 is 0 Å². The lowest BCUT2D eigenvalue weighted by molar-refractivity contribution is -0.154. The van der Waals surface area contributed by atoms with Crippen LogP contribution in [0, 0.1) is 5.41 Å². The maximum Gasteiger partial charge on any atom is 0.407 e. The van der Waals surface area contributed by atoms with Crippen molar-refractivity contribution in [1.29, 1.82) is 0 Å². The van der Waals surface area contributed by atoms with Crippen LogP contribution in [-0.2, 0) is 14.3 Å². The Morgan fingerprint density at radius 1 is 1.12 bits per heavy atom. The number of carboxylic acid groups (broad SMARTS) is 1. The number of amides is 2. The molecule has 0 spiro atoms. The second kappa shape index (κ2) is 9.87. The first-order chi connectivity index (χ1) is 16.3. The molecule has 2 aromatic rings. The predicted molar refractivity (Wildman–Crippen MR) is 128 cm³/mol. The molecule has 1 saturated heterocycles. The van der Waals surface area contributed by atoms with E-state index in [0.717, 1.165) is 22.3 Å². The molecule has 2 N–H and O–H groups in total. The van der Waals surface area contributed by atoms with Gasteiger partial charge < -0.3 is 20.1 Å². The fraction of sp³-hybridized carbons (Fsp3) is 0.444. The lowest BCUT2D eigenvalue weighted by Gasteiger charge is -2.39. The summed E-state index contributed by atoms with van der Waals surface area (Å²) in [6.07, 6.45) is 1.68. The van der Waals surface area contributed by atoms with Gasteiger partial charge in [-0.05, 0) is 48.4 Å². The number of ether oxygens (including phenoxy) is 1. The molecule has 0 aromatic heterocycles. The van der Waals surface area contributed by atoms with E-state index in [4.69, 9.17) is 4.74 Å². The lowest BCUT2D eigenvalue weighted by Crippen LogP contribution is -2.54. The fourth-order valence-corrected chi connectivity index (χ4v) is 5.15. The first kappa shape index (κ1) is 23.8. The van der Waals surface area contributed by atoms with E-state index in [1.54, 1.807) is 11.8 Å². The summed E-state index contributed by atoms with van der Waals surface area (Å²) in [5.74, 6) is -1.21. The zero-order valence-electron chi connectivity index (χ0n) is 19.8. The highest BCUT2D eigenvalue weighted by molar-refractivity contribution is 5.87. The van der Waals surface area contributed by atoms with Gasteiger partial charge in [-0.25, -0.2) is 4.79 Å². The van der Waals surface area contributed by atoms with Gasteiger partial charge in [-0.3, -0.25) is 9.59 Å². The Morgan fingerprint density at radius 2 is 1.74 bits per heavy atom. The molecule has 180 valence electrons. The van der Waals surface area contributed by atoms with Crippen molar-refractivity contribution < 1.29 is 24.2 Å². The number of carbonyl (C=O) groups is 3. The van der Waals surface area contributed by atoms with E-state index in [1.807, 2.05) is 31.2 Å². The molecule has 2 aromatic carbocycles. The highest BCUT2D eigenvalue weighted by Gasteiger charge is 2.41. The van der Waals surface area contributed by atoms with Crippen LogP contribution in [-0.4, -0.2) is 53.7 Å². The second-order valence-corrected chi connectivity index (χ2v) is 9.54. The monoisotopic (exact) mass is 464 g/mol. The average Bonchev–Trinajstić information content (AvgIpc) is 3.16. The van der Waals surface area contributed by atoms with Crippen LogP contribution in [0.2, 0.25) is 0 Å². The molecule has 34 heavy (non-hydrogen) atoms. The fourth-order valence-electron chi connectivity index (χ4n) is 5.15. The van der Waals surface area contributed by atoms with Crippen molar-refractivity contribution in [2.24, 2.45) is 5.41 Å². The molecular weight excluding hydrogens is 432 g/mol. The first-order valence-electron chi connectivity index (χ1n) is 12.0. The number of piperidine rings is 1. The van der Waals surface area contributed by atoms with Crippen molar-refractivity contribution in [2.75, 3.05) is 19.7 Å². The van der Waals surface area contributed by atoms with Gasteiger partial charge in [-0.1, -0.05) is 61.9 Å². The van der Waals surface area contributed by atoms with Gasteiger partial charge in [-0.2, -0.15) is 0 Å². The van der Waals surface area contributed by atoms with Gasteiger partial charge in [0.2, 0.25) is 5.91 Å². The van der Waals surface area contributed by atoms with Crippen LogP contribution < -0.4 is 5.32 Å². The van der Waals surface area contributed by atoms with E-state index in [9.17, 15) is 19.5 Å². The summed E-state index contributed by atoms with van der Waals surface area (Å²) in [4.78, 5) is 39.2. The van der Waals surface area contributed by atoms with Gasteiger partial charge in [-0.15, -0.1) is 0 Å². The summed E-state index contributed by atoms with van der Waals surface area (Å²) in [7, 11) is 0. The maximum atomic E-state index is 13.2. The van der Waals surface area contributed by atoms with E-state index in [1.165, 1.54) is 0 Å². The second-order valence-electron chi connectivity index (χ2n) is 9.54. The standard InChI is InChI=1S/C27H32N2O5/c1-3-9-23(24(30)29-15-8-14-27(2,17-29)25(31)32)28-26(33)34-16-22-20-12-6-4-10-18(20)19-11-5-7-13-21(19)22/h4-7,10-13,22-23H,3,8-9,14-17H2,1-2H3,(H,28,33)(H,31,32). The summed E-state index contributed by atoms with van der Waals surface area (Å²) in [5, 5.41) is 12.3. The Kier molecular flexibility index (Phi) is 6.91. The Hall–Kier alpha value is -3.35. The number of nitrogens with one attached hydrogen (secondary N) is 1. The molecule has 1 heterocycles. The Labute approximate surface area is 200 Å². The summed E-state index contributed by atoms with van der Waals surface area (Å²) in [5.41, 5.74) is 3.59. The third-order valence-corrected chi connectivity index (χ3v) is 7.04. The number of fused-ring (bicyclic) bond motifs is 3. The average molecular weight is 465 g/mol. The number of carbonyl (C=O) groups excluding carboxylic acids is 2. The van der Waals surface area contributed by atoms with Crippen LogP contribution in [0.4, 0.5) is 4.79 Å². The van der Waals surface area contributed by atoms with E-state index in [2.05, 4.69) is 29.6 Å². The lowest BCUT2D eigenvalue weighted by atomic mass is 9.82. The van der Waals surface area contributed by atoms with Gasteiger partial charge >= 0.3 is 12.1 Å². The predicted octanol–water partition coefficient (Wildman–Crippen LogP) is 4.41. The molecule has 7 heteroatoms. The molecule has 4 rings (SSSR count). The number of hydrogen-bond acceptors (Lipinski definition) is 4. The normalized spacial score (nSPS) is 20.2. The number of nitrogens with zero attached hydrogens (tertiary/aromatic N) is 1. The molecule has 2 aliphatic rings. The SMILES string of the molecule is CCCC(NC(=O)OCC1c2ccccc2-c2ccccc21)C(=O)N1CCCC(C)(C(=O)O)C1. The van der Waals surface area contributed by atoms with Crippen molar-refractivity contribution in [1.82, 2.24) is 10.2 Å². The van der Waals surface area contributed by atoms with Crippen molar-refractivity contribution in [2.45, 2.75) is 51.5 Å². The molecule has 0 radical (unpaired) electrons. The van der Waals surface area contributed by atoms with Crippen LogP contribution in [0.15, 0.2) is 48.5 Å². The Morgan fingerprint density at radius 3 is 2.32 bits per heavy atom.